The van der Waals surface area contributed by atoms with Crippen LogP contribution >= 0.6 is 0 Å². The molecule has 6 heteroatoms. The minimum Gasteiger partial charge on any atom is -0.480 e. The number of rotatable bonds is 5. The molecule has 0 unspecified atom stereocenters. The largest absolute Gasteiger partial charge is 0.480 e. The molecular formula is C18H25N3O3. The first-order valence-electron chi connectivity index (χ1n) is 8.58. The Morgan fingerprint density at radius 1 is 1.25 bits per heavy atom. The summed E-state index contributed by atoms with van der Waals surface area (Å²) in [6, 6.07) is 10.2. The van der Waals surface area contributed by atoms with Crippen LogP contribution in [-0.2, 0) is 10.3 Å². The molecule has 2 amide bonds. The van der Waals surface area contributed by atoms with E-state index in [1.165, 1.54) is 10.5 Å². The highest BCUT2D eigenvalue weighted by atomic mass is 16.4. The van der Waals surface area contributed by atoms with E-state index in [2.05, 4.69) is 41.8 Å². The molecule has 130 valence electrons. The van der Waals surface area contributed by atoms with E-state index in [0.29, 0.717) is 6.54 Å². The molecule has 1 saturated carbocycles. The van der Waals surface area contributed by atoms with Crippen molar-refractivity contribution in [1.29, 1.82) is 0 Å². The van der Waals surface area contributed by atoms with Crippen LogP contribution in [0, 0.1) is 0 Å². The van der Waals surface area contributed by atoms with Crippen molar-refractivity contribution in [1.82, 2.24) is 15.5 Å². The monoisotopic (exact) mass is 331 g/mol. The summed E-state index contributed by atoms with van der Waals surface area (Å²) in [5, 5.41) is 15.7. The van der Waals surface area contributed by atoms with E-state index in [9.17, 15) is 9.59 Å². The van der Waals surface area contributed by atoms with Crippen LogP contribution in [0.25, 0.3) is 0 Å². The second-order valence-electron chi connectivity index (χ2n) is 6.94. The maximum atomic E-state index is 12.1. The number of carbonyl (C=O) groups excluding carboxylic acids is 1. The van der Waals surface area contributed by atoms with Gasteiger partial charge in [-0.05, 0) is 37.8 Å². The maximum Gasteiger partial charge on any atom is 0.323 e. The summed E-state index contributed by atoms with van der Waals surface area (Å²) < 4.78 is 0. The number of carboxylic acids is 1. The van der Waals surface area contributed by atoms with Gasteiger partial charge in [0.2, 0.25) is 0 Å². The average molecular weight is 331 g/mol. The molecule has 2 aliphatic rings. The summed E-state index contributed by atoms with van der Waals surface area (Å²) in [6.45, 7) is 3.25. The summed E-state index contributed by atoms with van der Waals surface area (Å²) in [5.74, 6) is -0.968. The topological polar surface area (TPSA) is 81.7 Å². The third-order valence-electron chi connectivity index (χ3n) is 5.38. The van der Waals surface area contributed by atoms with Gasteiger partial charge in [-0.3, -0.25) is 4.79 Å². The lowest BCUT2D eigenvalue weighted by Gasteiger charge is -2.45. The molecule has 0 atom stereocenters. The van der Waals surface area contributed by atoms with Crippen molar-refractivity contribution >= 4 is 12.0 Å². The van der Waals surface area contributed by atoms with Gasteiger partial charge in [0.15, 0.2) is 0 Å². The first kappa shape index (κ1) is 16.8. The molecule has 1 aromatic carbocycles. The van der Waals surface area contributed by atoms with Gasteiger partial charge in [0, 0.05) is 12.1 Å². The number of benzene rings is 1. The van der Waals surface area contributed by atoms with E-state index in [0.717, 1.165) is 32.2 Å². The second-order valence-corrected chi connectivity index (χ2v) is 6.94. The van der Waals surface area contributed by atoms with E-state index in [-0.39, 0.29) is 23.7 Å². The van der Waals surface area contributed by atoms with Gasteiger partial charge in [-0.15, -0.1) is 0 Å². The molecule has 3 N–H and O–H groups in total. The fourth-order valence-electron chi connectivity index (χ4n) is 4.18. The fourth-order valence-corrected chi connectivity index (χ4v) is 4.18. The van der Waals surface area contributed by atoms with E-state index in [1.807, 2.05) is 6.07 Å². The van der Waals surface area contributed by atoms with E-state index in [4.69, 9.17) is 5.11 Å². The minimum atomic E-state index is -0.968. The van der Waals surface area contributed by atoms with Gasteiger partial charge >= 0.3 is 12.0 Å². The molecule has 0 radical (unpaired) electrons. The van der Waals surface area contributed by atoms with Crippen molar-refractivity contribution < 1.29 is 14.7 Å². The Morgan fingerprint density at radius 3 is 2.50 bits per heavy atom. The van der Waals surface area contributed by atoms with Crippen molar-refractivity contribution in [3.05, 3.63) is 35.9 Å². The molecule has 0 bridgehead atoms. The van der Waals surface area contributed by atoms with Crippen LogP contribution in [0.15, 0.2) is 30.3 Å². The van der Waals surface area contributed by atoms with Gasteiger partial charge in [-0.25, -0.2) is 4.79 Å². The number of carboxylic acid groups (broad SMARTS) is 1. The average Bonchev–Trinajstić information content (AvgIpc) is 2.86. The van der Waals surface area contributed by atoms with E-state index < -0.39 is 5.97 Å². The Bertz CT molecular complexity index is 609. The lowest BCUT2D eigenvalue weighted by molar-refractivity contribution is -0.137. The lowest BCUT2D eigenvalue weighted by Crippen LogP contribution is -2.54. The number of hydrogen-bond donors (Lipinski definition) is 3. The van der Waals surface area contributed by atoms with Gasteiger partial charge in [-0.2, -0.15) is 0 Å². The zero-order valence-corrected chi connectivity index (χ0v) is 14.0. The van der Waals surface area contributed by atoms with Gasteiger partial charge < -0.3 is 20.6 Å². The molecular weight excluding hydrogens is 306 g/mol. The maximum absolute atomic E-state index is 12.1. The van der Waals surface area contributed by atoms with Gasteiger partial charge in [-0.1, -0.05) is 37.3 Å². The number of nitrogens with zero attached hydrogens (tertiary/aromatic N) is 1. The number of nitrogens with one attached hydrogen (secondary N) is 2. The van der Waals surface area contributed by atoms with E-state index in [1.54, 1.807) is 0 Å². The number of urea groups is 1. The number of hydrogen-bond acceptors (Lipinski definition) is 3. The molecule has 1 heterocycles. The van der Waals surface area contributed by atoms with Crippen molar-refractivity contribution in [2.75, 3.05) is 19.6 Å². The van der Waals surface area contributed by atoms with Gasteiger partial charge in [0.05, 0.1) is 5.54 Å². The standard InChI is InChI=1S/C18H25N3O3/c1-2-19-18(14-6-4-3-5-7-14)10-8-17(9-11-18)13-21(12-15(22)23)16(24)20-17/h3-7,19H,2,8-13H2,1H3,(H,20,24)(H,22,23)/t17-,18+. The highest BCUT2D eigenvalue weighted by Gasteiger charge is 2.49. The number of aliphatic carboxylic acids is 1. The SMILES string of the molecule is CCN[C@]1(c2ccccc2)CC[C@]2(CC1)CN(CC(=O)O)C(=O)N2. The Labute approximate surface area is 142 Å². The first-order valence-corrected chi connectivity index (χ1v) is 8.58. The smallest absolute Gasteiger partial charge is 0.323 e. The van der Waals surface area contributed by atoms with Crippen molar-refractivity contribution in [2.24, 2.45) is 0 Å². The quantitative estimate of drug-likeness (QED) is 0.770. The van der Waals surface area contributed by atoms with Crippen LogP contribution in [0.4, 0.5) is 4.79 Å². The molecule has 6 nitrogen and oxygen atoms in total. The van der Waals surface area contributed by atoms with Crippen molar-refractivity contribution in [3.63, 3.8) is 0 Å². The third-order valence-corrected chi connectivity index (χ3v) is 5.38. The second kappa shape index (κ2) is 6.43. The first-order chi connectivity index (χ1) is 11.5. The molecule has 1 spiro atoms. The van der Waals surface area contributed by atoms with Gasteiger partial charge in [0.1, 0.15) is 6.54 Å². The number of carbonyl (C=O) groups is 2. The molecule has 3 rings (SSSR count). The summed E-state index contributed by atoms with van der Waals surface area (Å²) >= 11 is 0. The molecule has 1 aliphatic carbocycles. The molecule has 1 aromatic rings. The van der Waals surface area contributed by atoms with Crippen LogP contribution in [0.3, 0.4) is 0 Å². The summed E-state index contributed by atoms with van der Waals surface area (Å²) in [4.78, 5) is 24.4. The fraction of sp³-hybridized carbons (Fsp3) is 0.556. The predicted molar refractivity (Wildman–Crippen MR) is 90.7 cm³/mol. The normalized spacial score (nSPS) is 29.7. The van der Waals surface area contributed by atoms with Crippen LogP contribution in [0.5, 0.6) is 0 Å². The highest BCUT2D eigenvalue weighted by Crippen LogP contribution is 2.43. The van der Waals surface area contributed by atoms with Crippen LogP contribution < -0.4 is 10.6 Å². The predicted octanol–water partition coefficient (Wildman–Crippen LogP) is 1.91. The Morgan fingerprint density at radius 2 is 1.92 bits per heavy atom. The Hall–Kier alpha value is -2.08. The van der Waals surface area contributed by atoms with Crippen molar-refractivity contribution in [2.45, 2.75) is 43.7 Å². The van der Waals surface area contributed by atoms with Crippen LogP contribution in [0.1, 0.15) is 38.2 Å². The van der Waals surface area contributed by atoms with Crippen LogP contribution in [0.2, 0.25) is 0 Å². The zero-order valence-electron chi connectivity index (χ0n) is 14.0. The Balaban J connectivity index is 1.74. The molecule has 2 fully saturated rings. The van der Waals surface area contributed by atoms with E-state index >= 15 is 0 Å². The summed E-state index contributed by atoms with van der Waals surface area (Å²) in [5.41, 5.74) is 0.931. The minimum absolute atomic E-state index is 0.0633. The zero-order chi connectivity index (χ0) is 17.2. The molecule has 24 heavy (non-hydrogen) atoms. The van der Waals surface area contributed by atoms with Gasteiger partial charge in [0.25, 0.3) is 0 Å². The summed E-state index contributed by atoms with van der Waals surface area (Å²) in [6.07, 6.45) is 3.53. The van der Waals surface area contributed by atoms with Crippen LogP contribution in [-0.4, -0.2) is 47.2 Å². The number of amides is 2. The molecule has 0 aromatic heterocycles. The van der Waals surface area contributed by atoms with Crippen molar-refractivity contribution in [3.8, 4) is 0 Å². The molecule has 1 aliphatic heterocycles. The Kier molecular flexibility index (Phi) is 4.49. The lowest BCUT2D eigenvalue weighted by atomic mass is 9.69. The molecule has 1 saturated heterocycles. The third kappa shape index (κ3) is 3.11. The highest BCUT2D eigenvalue weighted by molar-refractivity contribution is 5.82. The summed E-state index contributed by atoms with van der Waals surface area (Å²) in [7, 11) is 0.